The lowest BCUT2D eigenvalue weighted by Gasteiger charge is -2.43. The van der Waals surface area contributed by atoms with Crippen LogP contribution in [-0.4, -0.2) is 41.7 Å². The molecule has 2 aliphatic rings. The third kappa shape index (κ3) is 3.34. The van der Waals surface area contributed by atoms with Gasteiger partial charge >= 0.3 is 0 Å². The van der Waals surface area contributed by atoms with Crippen molar-refractivity contribution in [2.24, 2.45) is 10.7 Å². The molecule has 2 atom stereocenters. The molecular formula is C22H25ClN4O4S. The van der Waals surface area contributed by atoms with Gasteiger partial charge < -0.3 is 15.8 Å². The number of ether oxygens (including phenoxy) is 1. The van der Waals surface area contributed by atoms with E-state index in [1.54, 1.807) is 52.0 Å². The molecule has 0 fully saturated rings. The van der Waals surface area contributed by atoms with Gasteiger partial charge in [0.25, 0.3) is 5.91 Å². The number of nitrogens with one attached hydrogen (secondary N) is 1. The van der Waals surface area contributed by atoms with Gasteiger partial charge in [-0.05, 0) is 57.5 Å². The summed E-state index contributed by atoms with van der Waals surface area (Å²) >= 11 is 5.93. The molecule has 0 spiro atoms. The van der Waals surface area contributed by atoms with Crippen molar-refractivity contribution in [1.82, 2.24) is 4.98 Å². The van der Waals surface area contributed by atoms with Crippen molar-refractivity contribution in [3.63, 3.8) is 0 Å². The largest absolute Gasteiger partial charge is 0.493 e. The maximum Gasteiger partial charge on any atom is 0.274 e. The number of fused-ring (bicyclic) bond motifs is 3. The number of pyridine rings is 1. The Morgan fingerprint density at radius 3 is 2.69 bits per heavy atom. The molecule has 0 saturated heterocycles. The Balaban J connectivity index is 1.79. The van der Waals surface area contributed by atoms with E-state index in [1.807, 2.05) is 0 Å². The number of benzene rings is 1. The highest BCUT2D eigenvalue weighted by atomic mass is 35.5. The summed E-state index contributed by atoms with van der Waals surface area (Å²) in [5.74, 6) is 0.163. The maximum atomic E-state index is 13.5. The van der Waals surface area contributed by atoms with Gasteiger partial charge in [0, 0.05) is 23.9 Å². The van der Waals surface area contributed by atoms with Crippen LogP contribution in [0.25, 0.3) is 0 Å². The highest BCUT2D eigenvalue weighted by Crippen LogP contribution is 2.48. The molecule has 0 aliphatic carbocycles. The lowest BCUT2D eigenvalue weighted by Crippen LogP contribution is -2.59. The van der Waals surface area contributed by atoms with Gasteiger partial charge in [-0.25, -0.2) is 13.4 Å². The van der Waals surface area contributed by atoms with Crippen LogP contribution in [0.5, 0.6) is 5.75 Å². The molecular weight excluding hydrogens is 452 g/mol. The number of aromatic nitrogens is 1. The Hall–Kier alpha value is -2.65. The number of amidine groups is 1. The minimum Gasteiger partial charge on any atom is -0.493 e. The van der Waals surface area contributed by atoms with Crippen LogP contribution in [0, 0.1) is 6.92 Å². The summed E-state index contributed by atoms with van der Waals surface area (Å²) in [6.45, 7) is 6.88. The van der Waals surface area contributed by atoms with E-state index in [-0.39, 0.29) is 24.6 Å². The van der Waals surface area contributed by atoms with Crippen LogP contribution >= 0.6 is 11.6 Å². The number of hydrogen-bond acceptors (Lipinski definition) is 7. The number of halogens is 1. The van der Waals surface area contributed by atoms with Crippen molar-refractivity contribution in [3.8, 4) is 5.75 Å². The topological polar surface area (TPSA) is 124 Å². The molecule has 3 heterocycles. The first-order chi connectivity index (χ1) is 14.9. The third-order valence-electron chi connectivity index (χ3n) is 6.36. The highest BCUT2D eigenvalue weighted by molar-refractivity contribution is 7.94. The molecule has 10 heteroatoms. The molecule has 32 heavy (non-hydrogen) atoms. The van der Waals surface area contributed by atoms with E-state index in [2.05, 4.69) is 15.3 Å². The quantitative estimate of drug-likeness (QED) is 0.685. The monoisotopic (exact) mass is 476 g/mol. The summed E-state index contributed by atoms with van der Waals surface area (Å²) in [5.41, 5.74) is 6.90. The van der Waals surface area contributed by atoms with E-state index in [0.717, 1.165) is 0 Å². The van der Waals surface area contributed by atoms with Crippen molar-refractivity contribution in [2.75, 3.05) is 11.9 Å². The predicted octanol–water partition coefficient (Wildman–Crippen LogP) is 3.23. The van der Waals surface area contributed by atoms with Crippen LogP contribution in [-0.2, 0) is 15.4 Å². The van der Waals surface area contributed by atoms with Crippen molar-refractivity contribution in [3.05, 3.63) is 52.3 Å². The summed E-state index contributed by atoms with van der Waals surface area (Å²) in [5, 5.41) is 2.45. The summed E-state index contributed by atoms with van der Waals surface area (Å²) in [4.78, 5) is 21.6. The van der Waals surface area contributed by atoms with Crippen LogP contribution in [0.3, 0.4) is 0 Å². The minimum absolute atomic E-state index is 0.0551. The van der Waals surface area contributed by atoms with Gasteiger partial charge in [-0.2, -0.15) is 0 Å². The number of amides is 1. The van der Waals surface area contributed by atoms with E-state index in [1.165, 1.54) is 6.20 Å². The molecule has 1 amide bonds. The van der Waals surface area contributed by atoms with Gasteiger partial charge in [-0.15, -0.1) is 0 Å². The number of hydrogen-bond donors (Lipinski definition) is 2. The van der Waals surface area contributed by atoms with E-state index in [4.69, 9.17) is 22.1 Å². The van der Waals surface area contributed by atoms with E-state index < -0.39 is 31.3 Å². The number of rotatable bonds is 2. The molecule has 8 nitrogen and oxygen atoms in total. The van der Waals surface area contributed by atoms with Crippen LogP contribution in [0.2, 0.25) is 5.02 Å². The number of carbonyl (C=O) groups excluding carboxylic acids is 1. The molecule has 3 N–H and O–H groups in total. The lowest BCUT2D eigenvalue weighted by molar-refractivity contribution is 0.102. The van der Waals surface area contributed by atoms with Crippen LogP contribution in [0.15, 0.2) is 35.5 Å². The average molecular weight is 477 g/mol. The fourth-order valence-electron chi connectivity index (χ4n) is 4.30. The van der Waals surface area contributed by atoms with Gasteiger partial charge in [-0.3, -0.25) is 9.79 Å². The lowest BCUT2D eigenvalue weighted by atomic mass is 9.86. The van der Waals surface area contributed by atoms with Gasteiger partial charge in [0.1, 0.15) is 27.6 Å². The van der Waals surface area contributed by atoms with E-state index in [9.17, 15) is 13.2 Å². The fraction of sp³-hybridized carbons (Fsp3) is 0.409. The zero-order valence-electron chi connectivity index (χ0n) is 18.3. The Labute approximate surface area is 192 Å². The maximum absolute atomic E-state index is 13.5. The summed E-state index contributed by atoms with van der Waals surface area (Å²) in [6.07, 6.45) is 1.69. The third-order valence-corrected chi connectivity index (χ3v) is 9.64. The molecule has 1 aromatic carbocycles. The summed E-state index contributed by atoms with van der Waals surface area (Å²) in [6, 6.07) is 6.76. The molecule has 2 aromatic rings. The first-order valence-electron chi connectivity index (χ1n) is 10.2. The Bertz CT molecular complexity index is 1260. The number of sulfone groups is 1. The standard InChI is InChI=1S/C22H25ClN4O4S/c1-12-9-13(23)11-25-18(12)19(28)26-14-5-6-16-15(10-14)22(4)17(7-8-31-16)32(29,30)21(2,3)20(24)27-22/h5-6,9-11,17H,7-8H2,1-4H3,(H2,24,27)(H,26,28)/t17-,22+/m0/s1. The molecule has 4 rings (SSSR count). The van der Waals surface area contributed by atoms with Crippen molar-refractivity contribution >= 4 is 38.9 Å². The number of aryl methyl sites for hydroxylation is 1. The molecule has 170 valence electrons. The summed E-state index contributed by atoms with van der Waals surface area (Å²) in [7, 11) is -3.67. The number of nitrogens with zero attached hydrogens (tertiary/aromatic N) is 2. The number of carbonyl (C=O) groups is 1. The van der Waals surface area contributed by atoms with E-state index in [0.29, 0.717) is 27.6 Å². The molecule has 2 aliphatic heterocycles. The van der Waals surface area contributed by atoms with Gasteiger partial charge in [-0.1, -0.05) is 11.6 Å². The Morgan fingerprint density at radius 2 is 2.00 bits per heavy atom. The first kappa shape index (κ1) is 22.5. The van der Waals surface area contributed by atoms with Gasteiger partial charge in [0.15, 0.2) is 9.84 Å². The summed E-state index contributed by atoms with van der Waals surface area (Å²) < 4.78 is 31.5. The predicted molar refractivity (Wildman–Crippen MR) is 124 cm³/mol. The van der Waals surface area contributed by atoms with Crippen molar-refractivity contribution < 1.29 is 17.9 Å². The number of nitrogens with two attached hydrogens (primary N) is 1. The molecule has 1 aromatic heterocycles. The second kappa shape index (κ2) is 7.45. The number of aliphatic imine (C=N–C) groups is 1. The molecule has 0 unspecified atom stereocenters. The van der Waals surface area contributed by atoms with E-state index >= 15 is 0 Å². The number of anilines is 1. The smallest absolute Gasteiger partial charge is 0.274 e. The Kier molecular flexibility index (Phi) is 5.25. The van der Waals surface area contributed by atoms with Crippen LogP contribution < -0.4 is 15.8 Å². The van der Waals surface area contributed by atoms with Crippen LogP contribution in [0.1, 0.15) is 48.8 Å². The van der Waals surface area contributed by atoms with Crippen LogP contribution in [0.4, 0.5) is 5.69 Å². The molecule has 0 saturated carbocycles. The van der Waals surface area contributed by atoms with Gasteiger partial charge in [0.2, 0.25) is 0 Å². The SMILES string of the molecule is Cc1cc(Cl)cnc1C(=O)Nc1ccc2c(c1)[C@@]1(C)N=C(N)C(C)(C)S(=O)(=O)[C@H]1CCO2. The Morgan fingerprint density at radius 1 is 1.28 bits per heavy atom. The fourth-order valence-corrected chi connectivity index (χ4v) is 6.76. The van der Waals surface area contributed by atoms with Crippen molar-refractivity contribution in [1.29, 1.82) is 0 Å². The van der Waals surface area contributed by atoms with Crippen molar-refractivity contribution in [2.45, 2.75) is 49.7 Å². The zero-order valence-corrected chi connectivity index (χ0v) is 19.8. The second-order valence-electron chi connectivity index (χ2n) is 8.81. The zero-order chi connectivity index (χ0) is 23.5. The highest BCUT2D eigenvalue weighted by Gasteiger charge is 2.57. The molecule has 0 radical (unpaired) electrons. The average Bonchev–Trinajstić information content (AvgIpc) is 2.84. The normalized spacial score (nSPS) is 25.4. The van der Waals surface area contributed by atoms with Gasteiger partial charge in [0.05, 0.1) is 16.9 Å². The minimum atomic E-state index is -3.67. The molecule has 0 bridgehead atoms. The first-order valence-corrected chi connectivity index (χ1v) is 12.1. The second-order valence-corrected chi connectivity index (χ2v) is 11.9.